The van der Waals surface area contributed by atoms with Gasteiger partial charge in [0.25, 0.3) is 5.91 Å². The third kappa shape index (κ3) is 3.07. The number of nitrogen functional groups attached to an aromatic ring is 1. The van der Waals surface area contributed by atoms with Gasteiger partial charge in [0, 0.05) is 5.69 Å². The lowest BCUT2D eigenvalue weighted by molar-refractivity contribution is 0.100. The minimum atomic E-state index is -0.623. The Labute approximate surface area is 119 Å². The van der Waals surface area contributed by atoms with Gasteiger partial charge in [0.1, 0.15) is 5.82 Å². The predicted molar refractivity (Wildman–Crippen MR) is 76.9 cm³/mol. The number of carbonyl (C=O) groups excluding carboxylic acids is 1. The number of pyridine rings is 1. The molecule has 2 aromatic rings. The minimum Gasteiger partial charge on any atom is -0.397 e. The molecule has 0 aliphatic heterocycles. The second-order valence-corrected chi connectivity index (χ2v) is 4.60. The molecule has 0 aliphatic rings. The maximum atomic E-state index is 11.3. The van der Waals surface area contributed by atoms with Crippen molar-refractivity contribution in [2.24, 2.45) is 5.73 Å². The van der Waals surface area contributed by atoms with Crippen molar-refractivity contribution >= 4 is 46.3 Å². The lowest BCUT2D eigenvalue weighted by Gasteiger charge is -2.10. The van der Waals surface area contributed by atoms with Crippen LogP contribution in [0, 0.1) is 0 Å². The standard InChI is InChI=1S/C12H10Cl2N4O/c13-9-2-1-7(4-10(9)14)18-12-8(11(16)19)3-6(15)5-17-12/h1-5H,15H2,(H2,16,19)(H,17,18). The van der Waals surface area contributed by atoms with Crippen molar-refractivity contribution in [1.82, 2.24) is 4.98 Å². The molecule has 0 saturated carbocycles. The Bertz CT molecular complexity index is 646. The molecule has 98 valence electrons. The van der Waals surface area contributed by atoms with Gasteiger partial charge in [-0.25, -0.2) is 4.98 Å². The molecule has 0 radical (unpaired) electrons. The summed E-state index contributed by atoms with van der Waals surface area (Å²) in [4.78, 5) is 15.4. The summed E-state index contributed by atoms with van der Waals surface area (Å²) < 4.78 is 0. The Hall–Kier alpha value is -1.98. The Morgan fingerprint density at radius 1 is 1.21 bits per heavy atom. The van der Waals surface area contributed by atoms with Crippen LogP contribution in [-0.4, -0.2) is 10.9 Å². The van der Waals surface area contributed by atoms with Crippen molar-refractivity contribution in [2.45, 2.75) is 0 Å². The van der Waals surface area contributed by atoms with E-state index in [0.29, 0.717) is 27.2 Å². The summed E-state index contributed by atoms with van der Waals surface area (Å²) in [5.41, 5.74) is 12.0. The summed E-state index contributed by atoms with van der Waals surface area (Å²) in [7, 11) is 0. The van der Waals surface area contributed by atoms with E-state index in [4.69, 9.17) is 34.7 Å². The molecule has 5 nitrogen and oxygen atoms in total. The lowest BCUT2D eigenvalue weighted by atomic mass is 10.2. The highest BCUT2D eigenvalue weighted by Crippen LogP contribution is 2.27. The second-order valence-electron chi connectivity index (χ2n) is 3.78. The van der Waals surface area contributed by atoms with Crippen LogP contribution in [0.2, 0.25) is 10.0 Å². The van der Waals surface area contributed by atoms with Crippen LogP contribution in [0.1, 0.15) is 10.4 Å². The SMILES string of the molecule is NC(=O)c1cc(N)cnc1Nc1ccc(Cl)c(Cl)c1. The van der Waals surface area contributed by atoms with E-state index in [1.165, 1.54) is 12.3 Å². The van der Waals surface area contributed by atoms with Gasteiger partial charge in [-0.05, 0) is 24.3 Å². The van der Waals surface area contributed by atoms with E-state index in [0.717, 1.165) is 0 Å². The first-order valence-electron chi connectivity index (χ1n) is 5.25. The zero-order chi connectivity index (χ0) is 14.0. The van der Waals surface area contributed by atoms with Gasteiger partial charge in [-0.1, -0.05) is 23.2 Å². The molecule has 0 saturated heterocycles. The summed E-state index contributed by atoms with van der Waals surface area (Å²) in [5.74, 6) is -0.317. The quantitative estimate of drug-likeness (QED) is 0.812. The molecule has 19 heavy (non-hydrogen) atoms. The number of aromatic nitrogens is 1. The molecule has 1 aromatic heterocycles. The van der Waals surface area contributed by atoms with Crippen LogP contribution in [0.3, 0.4) is 0 Å². The number of anilines is 3. The summed E-state index contributed by atoms with van der Waals surface area (Å²) in [5, 5.41) is 3.77. The monoisotopic (exact) mass is 296 g/mol. The number of benzene rings is 1. The Morgan fingerprint density at radius 2 is 1.95 bits per heavy atom. The molecule has 1 heterocycles. The summed E-state index contributed by atoms with van der Waals surface area (Å²) in [6.45, 7) is 0. The number of nitrogens with two attached hydrogens (primary N) is 2. The van der Waals surface area contributed by atoms with Gasteiger partial charge in [-0.15, -0.1) is 0 Å². The van der Waals surface area contributed by atoms with Crippen LogP contribution in [0.15, 0.2) is 30.5 Å². The highest BCUT2D eigenvalue weighted by atomic mass is 35.5. The third-order valence-electron chi connectivity index (χ3n) is 2.36. The molecule has 7 heteroatoms. The van der Waals surface area contributed by atoms with Crippen molar-refractivity contribution in [2.75, 3.05) is 11.1 Å². The van der Waals surface area contributed by atoms with Crippen molar-refractivity contribution in [1.29, 1.82) is 0 Å². The average Bonchev–Trinajstić information content (AvgIpc) is 2.36. The molecule has 0 unspecified atom stereocenters. The number of rotatable bonds is 3. The second kappa shape index (κ2) is 5.34. The van der Waals surface area contributed by atoms with E-state index < -0.39 is 5.91 Å². The van der Waals surface area contributed by atoms with Crippen LogP contribution in [0.25, 0.3) is 0 Å². The summed E-state index contributed by atoms with van der Waals surface area (Å²) >= 11 is 11.7. The van der Waals surface area contributed by atoms with Crippen LogP contribution in [-0.2, 0) is 0 Å². The largest absolute Gasteiger partial charge is 0.397 e. The number of carbonyl (C=O) groups is 1. The van der Waals surface area contributed by atoms with Crippen LogP contribution < -0.4 is 16.8 Å². The molecule has 1 aromatic carbocycles. The number of nitrogens with one attached hydrogen (secondary N) is 1. The molecule has 0 aliphatic carbocycles. The zero-order valence-electron chi connectivity index (χ0n) is 9.65. The molecule has 1 amide bonds. The predicted octanol–water partition coefficient (Wildman–Crippen LogP) is 2.81. The topological polar surface area (TPSA) is 94.0 Å². The smallest absolute Gasteiger partial charge is 0.252 e. The first-order valence-corrected chi connectivity index (χ1v) is 6.00. The molecular formula is C12H10Cl2N4O. The Kier molecular flexibility index (Phi) is 3.78. The molecule has 0 spiro atoms. The summed E-state index contributed by atoms with van der Waals surface area (Å²) in [6, 6.07) is 6.41. The molecule has 0 atom stereocenters. The van der Waals surface area contributed by atoms with Crippen LogP contribution in [0.5, 0.6) is 0 Å². The van der Waals surface area contributed by atoms with Gasteiger partial charge in [-0.2, -0.15) is 0 Å². The molecule has 5 N–H and O–H groups in total. The van der Waals surface area contributed by atoms with Crippen molar-refractivity contribution < 1.29 is 4.79 Å². The Balaban J connectivity index is 2.37. The fraction of sp³-hybridized carbons (Fsp3) is 0. The third-order valence-corrected chi connectivity index (χ3v) is 3.10. The van der Waals surface area contributed by atoms with Crippen molar-refractivity contribution in [3.05, 3.63) is 46.1 Å². The highest BCUT2D eigenvalue weighted by Gasteiger charge is 2.11. The highest BCUT2D eigenvalue weighted by molar-refractivity contribution is 6.42. The van der Waals surface area contributed by atoms with Gasteiger partial charge in [-0.3, -0.25) is 4.79 Å². The number of hydrogen-bond donors (Lipinski definition) is 3. The maximum absolute atomic E-state index is 11.3. The molecule has 0 bridgehead atoms. The number of halogens is 2. The fourth-order valence-corrected chi connectivity index (χ4v) is 1.78. The van der Waals surface area contributed by atoms with E-state index in [2.05, 4.69) is 10.3 Å². The normalized spacial score (nSPS) is 10.2. The van der Waals surface area contributed by atoms with Gasteiger partial charge in [0.2, 0.25) is 0 Å². The van der Waals surface area contributed by atoms with E-state index in [1.807, 2.05) is 0 Å². The van der Waals surface area contributed by atoms with E-state index >= 15 is 0 Å². The van der Waals surface area contributed by atoms with E-state index in [9.17, 15) is 4.79 Å². The first-order chi connectivity index (χ1) is 8.97. The zero-order valence-corrected chi connectivity index (χ0v) is 11.2. The average molecular weight is 297 g/mol. The first kappa shape index (κ1) is 13.5. The molecule has 2 rings (SSSR count). The molecule has 0 fully saturated rings. The maximum Gasteiger partial charge on any atom is 0.252 e. The van der Waals surface area contributed by atoms with Crippen molar-refractivity contribution in [3.63, 3.8) is 0 Å². The Morgan fingerprint density at radius 3 is 2.58 bits per heavy atom. The van der Waals surface area contributed by atoms with Crippen LogP contribution in [0.4, 0.5) is 17.2 Å². The number of primary amides is 1. The van der Waals surface area contributed by atoms with Crippen molar-refractivity contribution in [3.8, 4) is 0 Å². The van der Waals surface area contributed by atoms with Gasteiger partial charge < -0.3 is 16.8 Å². The summed E-state index contributed by atoms with van der Waals surface area (Å²) in [6.07, 6.45) is 1.42. The number of nitrogens with zero attached hydrogens (tertiary/aromatic N) is 1. The van der Waals surface area contributed by atoms with E-state index in [-0.39, 0.29) is 5.56 Å². The van der Waals surface area contributed by atoms with Gasteiger partial charge in [0.15, 0.2) is 0 Å². The number of amides is 1. The van der Waals surface area contributed by atoms with Gasteiger partial charge >= 0.3 is 0 Å². The van der Waals surface area contributed by atoms with Crippen LogP contribution >= 0.6 is 23.2 Å². The molecular weight excluding hydrogens is 287 g/mol. The van der Waals surface area contributed by atoms with E-state index in [1.54, 1.807) is 18.2 Å². The minimum absolute atomic E-state index is 0.200. The number of hydrogen-bond acceptors (Lipinski definition) is 4. The fourth-order valence-electron chi connectivity index (χ4n) is 1.48. The van der Waals surface area contributed by atoms with Gasteiger partial charge in [0.05, 0.1) is 27.5 Å². The lowest BCUT2D eigenvalue weighted by Crippen LogP contribution is -2.14.